The molecule has 1 aliphatic carbocycles. The van der Waals surface area contributed by atoms with Gasteiger partial charge in [-0.15, -0.1) is 0 Å². The summed E-state index contributed by atoms with van der Waals surface area (Å²) >= 11 is 0. The monoisotopic (exact) mass is 269 g/mol. The standard InChI is InChI=1S/C14H27N3O2/c1-10-12(15)5-4-11(14(10,2)3)13(18)16-17-6-8-19-9-7-17/h10-12H,4-9,15H2,1-3H3,(H,16,18). The SMILES string of the molecule is CC1C(N)CCC(C(=O)NN2CCOCC2)C1(C)C. The van der Waals surface area contributed by atoms with Crippen LogP contribution in [0.2, 0.25) is 0 Å². The largest absolute Gasteiger partial charge is 0.379 e. The van der Waals surface area contributed by atoms with Crippen LogP contribution in [-0.4, -0.2) is 43.3 Å². The summed E-state index contributed by atoms with van der Waals surface area (Å²) in [6.07, 6.45) is 1.82. The maximum Gasteiger partial charge on any atom is 0.237 e. The van der Waals surface area contributed by atoms with Crippen molar-refractivity contribution >= 4 is 5.91 Å². The Bertz CT molecular complexity index is 327. The molecule has 3 unspecified atom stereocenters. The maximum atomic E-state index is 12.5. The fraction of sp³-hybridized carbons (Fsp3) is 0.929. The van der Waals surface area contributed by atoms with Gasteiger partial charge in [0, 0.05) is 25.0 Å². The molecule has 1 amide bonds. The van der Waals surface area contributed by atoms with Gasteiger partial charge in [-0.05, 0) is 24.2 Å². The zero-order valence-electron chi connectivity index (χ0n) is 12.3. The van der Waals surface area contributed by atoms with Crippen molar-refractivity contribution in [3.63, 3.8) is 0 Å². The predicted octanol–water partition coefficient (Wildman–Crippen LogP) is 0.749. The molecule has 1 saturated heterocycles. The lowest BCUT2D eigenvalue weighted by atomic mass is 9.61. The van der Waals surface area contributed by atoms with Gasteiger partial charge >= 0.3 is 0 Å². The molecule has 0 aromatic rings. The lowest BCUT2D eigenvalue weighted by Gasteiger charge is -2.46. The number of nitrogens with zero attached hydrogens (tertiary/aromatic N) is 1. The Hall–Kier alpha value is -0.650. The number of ether oxygens (including phenoxy) is 1. The first-order valence-electron chi connectivity index (χ1n) is 7.31. The number of carbonyl (C=O) groups is 1. The van der Waals surface area contributed by atoms with Gasteiger partial charge in [0.15, 0.2) is 0 Å². The first-order valence-corrected chi connectivity index (χ1v) is 7.31. The van der Waals surface area contributed by atoms with Gasteiger partial charge in [-0.25, -0.2) is 5.01 Å². The van der Waals surface area contributed by atoms with Crippen LogP contribution in [0.15, 0.2) is 0 Å². The first-order chi connectivity index (χ1) is 8.93. The van der Waals surface area contributed by atoms with Gasteiger partial charge in [-0.3, -0.25) is 10.2 Å². The van der Waals surface area contributed by atoms with E-state index in [0.29, 0.717) is 19.1 Å². The summed E-state index contributed by atoms with van der Waals surface area (Å²) < 4.78 is 5.29. The molecule has 0 bridgehead atoms. The van der Waals surface area contributed by atoms with E-state index in [-0.39, 0.29) is 23.3 Å². The van der Waals surface area contributed by atoms with Gasteiger partial charge in [-0.2, -0.15) is 0 Å². The molecule has 2 aliphatic rings. The van der Waals surface area contributed by atoms with E-state index in [2.05, 4.69) is 26.2 Å². The van der Waals surface area contributed by atoms with Gasteiger partial charge < -0.3 is 10.5 Å². The van der Waals surface area contributed by atoms with Gasteiger partial charge in [0.05, 0.1) is 13.2 Å². The van der Waals surface area contributed by atoms with Crippen LogP contribution in [0.5, 0.6) is 0 Å². The molecule has 5 heteroatoms. The minimum Gasteiger partial charge on any atom is -0.379 e. The van der Waals surface area contributed by atoms with Gasteiger partial charge in [-0.1, -0.05) is 20.8 Å². The molecule has 0 spiro atoms. The third kappa shape index (κ3) is 3.09. The van der Waals surface area contributed by atoms with E-state index in [9.17, 15) is 4.79 Å². The molecule has 2 fully saturated rings. The van der Waals surface area contributed by atoms with Gasteiger partial charge in [0.25, 0.3) is 0 Å². The van der Waals surface area contributed by atoms with Gasteiger partial charge in [0.2, 0.25) is 5.91 Å². The van der Waals surface area contributed by atoms with Crippen molar-refractivity contribution in [1.29, 1.82) is 0 Å². The summed E-state index contributed by atoms with van der Waals surface area (Å²) in [5.74, 6) is 0.553. The molecule has 0 radical (unpaired) electrons. The molecule has 1 saturated carbocycles. The lowest BCUT2D eigenvalue weighted by molar-refractivity contribution is -0.139. The second kappa shape index (κ2) is 5.77. The highest BCUT2D eigenvalue weighted by atomic mass is 16.5. The summed E-state index contributed by atoms with van der Waals surface area (Å²) in [6, 6.07) is 0.211. The Morgan fingerprint density at radius 2 is 1.95 bits per heavy atom. The first kappa shape index (κ1) is 14.8. The quantitative estimate of drug-likeness (QED) is 0.776. The Morgan fingerprint density at radius 3 is 2.58 bits per heavy atom. The molecule has 19 heavy (non-hydrogen) atoms. The summed E-state index contributed by atoms with van der Waals surface area (Å²) in [7, 11) is 0. The van der Waals surface area contributed by atoms with Crippen molar-refractivity contribution in [3.05, 3.63) is 0 Å². The van der Waals surface area contributed by atoms with E-state index in [1.54, 1.807) is 0 Å². The third-order valence-corrected chi connectivity index (χ3v) is 5.10. The average molecular weight is 269 g/mol. The highest BCUT2D eigenvalue weighted by Crippen LogP contribution is 2.44. The van der Waals surface area contributed by atoms with E-state index in [1.165, 1.54) is 0 Å². The lowest BCUT2D eigenvalue weighted by Crippen LogP contribution is -2.56. The minimum atomic E-state index is -0.0476. The van der Waals surface area contributed by atoms with Crippen LogP contribution >= 0.6 is 0 Å². The summed E-state index contributed by atoms with van der Waals surface area (Å²) in [6.45, 7) is 9.42. The van der Waals surface area contributed by atoms with E-state index in [4.69, 9.17) is 10.5 Å². The summed E-state index contributed by atoms with van der Waals surface area (Å²) in [5, 5.41) is 1.97. The number of hydrazine groups is 1. The second-order valence-electron chi connectivity index (χ2n) is 6.48. The Morgan fingerprint density at radius 1 is 1.32 bits per heavy atom. The molecule has 1 heterocycles. The molecule has 1 aliphatic heterocycles. The Balaban J connectivity index is 1.97. The number of amides is 1. The number of carbonyl (C=O) groups excluding carboxylic acids is 1. The van der Waals surface area contributed by atoms with Crippen LogP contribution in [-0.2, 0) is 9.53 Å². The molecule has 3 N–H and O–H groups in total. The number of hydrogen-bond donors (Lipinski definition) is 2. The molecule has 110 valence electrons. The Kier molecular flexibility index (Phi) is 4.48. The van der Waals surface area contributed by atoms with Crippen LogP contribution < -0.4 is 11.2 Å². The molecular formula is C14H27N3O2. The fourth-order valence-corrected chi connectivity index (χ4v) is 3.23. The van der Waals surface area contributed by atoms with Crippen LogP contribution in [0.25, 0.3) is 0 Å². The van der Waals surface area contributed by atoms with Crippen molar-refractivity contribution in [2.24, 2.45) is 23.0 Å². The predicted molar refractivity (Wildman–Crippen MR) is 74.2 cm³/mol. The normalized spacial score (nSPS) is 35.9. The smallest absolute Gasteiger partial charge is 0.237 e. The fourth-order valence-electron chi connectivity index (χ4n) is 3.23. The highest BCUT2D eigenvalue weighted by molar-refractivity contribution is 5.79. The minimum absolute atomic E-state index is 0.0464. The summed E-state index contributed by atoms with van der Waals surface area (Å²) in [4.78, 5) is 12.5. The third-order valence-electron chi connectivity index (χ3n) is 5.10. The molecule has 2 rings (SSSR count). The maximum absolute atomic E-state index is 12.5. The number of hydrogen-bond acceptors (Lipinski definition) is 4. The van der Waals surface area contributed by atoms with Crippen molar-refractivity contribution in [3.8, 4) is 0 Å². The average Bonchev–Trinajstić information content (AvgIpc) is 2.37. The van der Waals surface area contributed by atoms with Crippen molar-refractivity contribution in [2.75, 3.05) is 26.3 Å². The topological polar surface area (TPSA) is 67.6 Å². The van der Waals surface area contributed by atoms with Crippen LogP contribution in [0.3, 0.4) is 0 Å². The highest BCUT2D eigenvalue weighted by Gasteiger charge is 2.45. The Labute approximate surface area is 115 Å². The molecule has 3 atom stereocenters. The molecule has 5 nitrogen and oxygen atoms in total. The van der Waals surface area contributed by atoms with E-state index in [1.807, 2.05) is 5.01 Å². The van der Waals surface area contributed by atoms with Crippen LogP contribution in [0.1, 0.15) is 33.6 Å². The summed E-state index contributed by atoms with van der Waals surface area (Å²) in [5.41, 5.74) is 9.15. The second-order valence-corrected chi connectivity index (χ2v) is 6.48. The van der Waals surface area contributed by atoms with E-state index >= 15 is 0 Å². The number of nitrogens with two attached hydrogens (primary N) is 1. The van der Waals surface area contributed by atoms with Crippen molar-refractivity contribution < 1.29 is 9.53 Å². The molecular weight excluding hydrogens is 242 g/mol. The number of nitrogens with one attached hydrogen (secondary N) is 1. The van der Waals surface area contributed by atoms with Gasteiger partial charge in [0.1, 0.15) is 0 Å². The van der Waals surface area contributed by atoms with E-state index in [0.717, 1.165) is 25.9 Å². The van der Waals surface area contributed by atoms with Crippen LogP contribution in [0.4, 0.5) is 0 Å². The number of rotatable bonds is 2. The van der Waals surface area contributed by atoms with E-state index < -0.39 is 0 Å². The molecule has 0 aromatic carbocycles. The van der Waals surface area contributed by atoms with Crippen molar-refractivity contribution in [1.82, 2.24) is 10.4 Å². The molecule has 0 aromatic heterocycles. The zero-order valence-corrected chi connectivity index (χ0v) is 12.3. The zero-order chi connectivity index (χ0) is 14.0. The van der Waals surface area contributed by atoms with Crippen LogP contribution in [0, 0.1) is 17.3 Å². The van der Waals surface area contributed by atoms with Crippen molar-refractivity contribution in [2.45, 2.75) is 39.7 Å². The number of morpholine rings is 1.